The first-order valence-corrected chi connectivity index (χ1v) is 9.54. The van der Waals surface area contributed by atoms with Crippen LogP contribution in [0.5, 0.6) is 5.75 Å². The fraction of sp³-hybridized carbons (Fsp3) is 0.381. The second kappa shape index (κ2) is 8.45. The standard InChI is InChI=1S/C21H25ClN2O2/c1-15(13-16-5-8-18(25)9-6-16)23-21(26)19-14-17(22)7-10-20(19)24-11-3-2-4-12-24/h5-10,14-15,25H,2-4,11-13H2,1H3,(H,23,26)/t15-/m1/s1. The Morgan fingerprint density at radius 1 is 1.15 bits per heavy atom. The maximum atomic E-state index is 12.9. The highest BCUT2D eigenvalue weighted by molar-refractivity contribution is 6.31. The van der Waals surface area contributed by atoms with Gasteiger partial charge in [-0.2, -0.15) is 0 Å². The summed E-state index contributed by atoms with van der Waals surface area (Å²) in [5.41, 5.74) is 2.67. The molecular formula is C21H25ClN2O2. The Balaban J connectivity index is 1.72. The van der Waals surface area contributed by atoms with Crippen LogP contribution in [0.1, 0.15) is 42.1 Å². The van der Waals surface area contributed by atoms with Gasteiger partial charge >= 0.3 is 0 Å². The van der Waals surface area contributed by atoms with Crippen molar-refractivity contribution in [2.75, 3.05) is 18.0 Å². The Labute approximate surface area is 159 Å². The van der Waals surface area contributed by atoms with E-state index in [-0.39, 0.29) is 17.7 Å². The Kier molecular flexibility index (Phi) is 6.04. The van der Waals surface area contributed by atoms with Crippen LogP contribution in [0.15, 0.2) is 42.5 Å². The molecule has 0 aliphatic carbocycles. The number of piperidine rings is 1. The minimum atomic E-state index is -0.0978. The van der Waals surface area contributed by atoms with Crippen LogP contribution in [0.2, 0.25) is 5.02 Å². The third kappa shape index (κ3) is 4.70. The number of carbonyl (C=O) groups is 1. The summed E-state index contributed by atoms with van der Waals surface area (Å²) in [6, 6.07) is 12.6. The molecule has 1 atom stereocenters. The highest BCUT2D eigenvalue weighted by atomic mass is 35.5. The van der Waals surface area contributed by atoms with Gasteiger partial charge in [-0.3, -0.25) is 4.79 Å². The number of nitrogens with zero attached hydrogens (tertiary/aromatic N) is 1. The minimum absolute atomic E-state index is 0.0276. The predicted octanol–water partition coefficient (Wildman–Crippen LogP) is 4.40. The number of rotatable bonds is 5. The molecule has 1 aliphatic rings. The van der Waals surface area contributed by atoms with Crippen LogP contribution in [-0.2, 0) is 6.42 Å². The van der Waals surface area contributed by atoms with Gasteiger partial charge in [0.05, 0.1) is 5.56 Å². The fourth-order valence-corrected chi connectivity index (χ4v) is 3.61. The monoisotopic (exact) mass is 372 g/mol. The van der Waals surface area contributed by atoms with E-state index < -0.39 is 0 Å². The molecule has 2 N–H and O–H groups in total. The number of anilines is 1. The van der Waals surface area contributed by atoms with E-state index >= 15 is 0 Å². The lowest BCUT2D eigenvalue weighted by atomic mass is 10.0. The quantitative estimate of drug-likeness (QED) is 0.818. The van der Waals surface area contributed by atoms with Crippen LogP contribution < -0.4 is 10.2 Å². The zero-order valence-electron chi connectivity index (χ0n) is 15.0. The summed E-state index contributed by atoms with van der Waals surface area (Å²) in [5, 5.41) is 13.0. The molecule has 0 saturated carbocycles. The van der Waals surface area contributed by atoms with Gasteiger partial charge < -0.3 is 15.3 Å². The number of halogens is 1. The molecule has 5 heteroatoms. The summed E-state index contributed by atoms with van der Waals surface area (Å²) in [6.45, 7) is 3.94. The maximum Gasteiger partial charge on any atom is 0.253 e. The first kappa shape index (κ1) is 18.6. The third-order valence-corrected chi connectivity index (χ3v) is 4.99. The van der Waals surface area contributed by atoms with E-state index in [2.05, 4.69) is 10.2 Å². The van der Waals surface area contributed by atoms with Gasteiger partial charge in [-0.15, -0.1) is 0 Å². The van der Waals surface area contributed by atoms with Gasteiger partial charge in [0.15, 0.2) is 0 Å². The molecule has 1 heterocycles. The number of benzene rings is 2. The maximum absolute atomic E-state index is 12.9. The Hall–Kier alpha value is -2.20. The zero-order chi connectivity index (χ0) is 18.5. The van der Waals surface area contributed by atoms with Gasteiger partial charge in [0.1, 0.15) is 5.75 Å². The fourth-order valence-electron chi connectivity index (χ4n) is 3.44. The molecule has 1 amide bonds. The number of phenols is 1. The molecule has 0 unspecified atom stereocenters. The molecular weight excluding hydrogens is 348 g/mol. The molecule has 0 radical (unpaired) electrons. The van der Waals surface area contributed by atoms with Gasteiger partial charge in [-0.05, 0) is 68.5 Å². The third-order valence-electron chi connectivity index (χ3n) is 4.76. The SMILES string of the molecule is C[C@H](Cc1ccc(O)cc1)NC(=O)c1cc(Cl)ccc1N1CCCCC1. The Morgan fingerprint density at radius 3 is 2.54 bits per heavy atom. The molecule has 4 nitrogen and oxygen atoms in total. The van der Waals surface area contributed by atoms with Crippen molar-refractivity contribution in [3.05, 3.63) is 58.6 Å². The molecule has 1 aliphatic heterocycles. The second-order valence-corrected chi connectivity index (χ2v) is 7.39. The van der Waals surface area contributed by atoms with Crippen molar-refractivity contribution < 1.29 is 9.90 Å². The smallest absolute Gasteiger partial charge is 0.253 e. The first-order valence-electron chi connectivity index (χ1n) is 9.16. The van der Waals surface area contributed by atoms with Crippen molar-refractivity contribution in [1.82, 2.24) is 5.32 Å². The number of aromatic hydroxyl groups is 1. The number of amides is 1. The molecule has 1 fully saturated rings. The molecule has 2 aromatic rings. The number of phenolic OH excluding ortho intramolecular Hbond substituents is 1. The van der Waals surface area contributed by atoms with E-state index in [1.165, 1.54) is 6.42 Å². The van der Waals surface area contributed by atoms with Crippen molar-refractivity contribution in [3.8, 4) is 5.75 Å². The normalized spacial score (nSPS) is 15.5. The van der Waals surface area contributed by atoms with E-state index in [9.17, 15) is 9.90 Å². The van der Waals surface area contributed by atoms with Gasteiger partial charge in [0, 0.05) is 29.8 Å². The van der Waals surface area contributed by atoms with Crippen LogP contribution in [-0.4, -0.2) is 30.1 Å². The number of hydrogen-bond donors (Lipinski definition) is 2. The molecule has 0 spiro atoms. The Morgan fingerprint density at radius 2 is 1.85 bits per heavy atom. The largest absolute Gasteiger partial charge is 0.508 e. The van der Waals surface area contributed by atoms with Gasteiger partial charge in [-0.1, -0.05) is 23.7 Å². The average molecular weight is 373 g/mol. The van der Waals surface area contributed by atoms with Crippen molar-refractivity contribution in [1.29, 1.82) is 0 Å². The van der Waals surface area contributed by atoms with Crippen LogP contribution in [0.3, 0.4) is 0 Å². The number of hydrogen-bond acceptors (Lipinski definition) is 3. The van der Waals surface area contributed by atoms with Gasteiger partial charge in [-0.25, -0.2) is 0 Å². The molecule has 1 saturated heterocycles. The summed E-state index contributed by atoms with van der Waals surface area (Å²) in [7, 11) is 0. The van der Waals surface area contributed by atoms with Crippen molar-refractivity contribution in [2.45, 2.75) is 38.6 Å². The lowest BCUT2D eigenvalue weighted by Gasteiger charge is -2.30. The summed E-state index contributed by atoms with van der Waals surface area (Å²) in [4.78, 5) is 15.2. The van der Waals surface area contributed by atoms with Gasteiger partial charge in [0.2, 0.25) is 0 Å². The van der Waals surface area contributed by atoms with Crippen LogP contribution in [0.4, 0.5) is 5.69 Å². The van der Waals surface area contributed by atoms with E-state index in [1.807, 2.05) is 31.2 Å². The highest BCUT2D eigenvalue weighted by Gasteiger charge is 2.20. The van der Waals surface area contributed by atoms with Gasteiger partial charge in [0.25, 0.3) is 5.91 Å². The van der Waals surface area contributed by atoms with Crippen molar-refractivity contribution in [3.63, 3.8) is 0 Å². The van der Waals surface area contributed by atoms with Crippen LogP contribution in [0.25, 0.3) is 0 Å². The second-order valence-electron chi connectivity index (χ2n) is 6.95. The highest BCUT2D eigenvalue weighted by Crippen LogP contribution is 2.27. The summed E-state index contributed by atoms with van der Waals surface area (Å²) in [5.74, 6) is 0.148. The van der Waals surface area contributed by atoms with E-state index in [4.69, 9.17) is 11.6 Å². The van der Waals surface area contributed by atoms with Crippen molar-refractivity contribution in [2.24, 2.45) is 0 Å². The van der Waals surface area contributed by atoms with E-state index in [0.717, 1.165) is 37.2 Å². The van der Waals surface area contributed by atoms with Crippen LogP contribution >= 0.6 is 11.6 Å². The summed E-state index contributed by atoms with van der Waals surface area (Å²) in [6.07, 6.45) is 4.25. The van der Waals surface area contributed by atoms with Crippen molar-refractivity contribution >= 4 is 23.2 Å². The predicted molar refractivity (Wildman–Crippen MR) is 106 cm³/mol. The zero-order valence-corrected chi connectivity index (χ0v) is 15.8. The van der Waals surface area contributed by atoms with Crippen LogP contribution in [0, 0.1) is 0 Å². The summed E-state index contributed by atoms with van der Waals surface area (Å²) < 4.78 is 0. The topological polar surface area (TPSA) is 52.6 Å². The molecule has 0 aromatic heterocycles. The number of nitrogens with one attached hydrogen (secondary N) is 1. The van der Waals surface area contributed by atoms with E-state index in [1.54, 1.807) is 18.2 Å². The Bertz CT molecular complexity index is 755. The molecule has 138 valence electrons. The molecule has 3 rings (SSSR count). The molecule has 26 heavy (non-hydrogen) atoms. The number of carbonyl (C=O) groups excluding carboxylic acids is 1. The lowest BCUT2D eigenvalue weighted by Crippen LogP contribution is -2.36. The first-order chi connectivity index (χ1) is 12.5. The summed E-state index contributed by atoms with van der Waals surface area (Å²) >= 11 is 6.16. The lowest BCUT2D eigenvalue weighted by molar-refractivity contribution is 0.0940. The minimum Gasteiger partial charge on any atom is -0.508 e. The average Bonchev–Trinajstić information content (AvgIpc) is 2.64. The molecule has 0 bridgehead atoms. The van der Waals surface area contributed by atoms with E-state index in [0.29, 0.717) is 17.0 Å². The molecule has 2 aromatic carbocycles.